The van der Waals surface area contributed by atoms with E-state index in [-0.39, 0.29) is 19.4 Å². The zero-order chi connectivity index (χ0) is 21.8. The van der Waals surface area contributed by atoms with Crippen molar-refractivity contribution in [2.75, 3.05) is 51.9 Å². The Bertz CT molecular complexity index is 945. The Morgan fingerprint density at radius 1 is 1.00 bits per heavy atom. The summed E-state index contributed by atoms with van der Waals surface area (Å²) in [7, 11) is 2.08. The maximum absolute atomic E-state index is 13.0. The minimum absolute atomic E-state index is 0.120. The second-order valence-corrected chi connectivity index (χ2v) is 7.64. The topological polar surface area (TPSA) is 83.1 Å². The lowest BCUT2D eigenvalue weighted by Crippen LogP contribution is -2.49. The van der Waals surface area contributed by atoms with Crippen LogP contribution in [0.25, 0.3) is 0 Å². The number of rotatable bonds is 5. The van der Waals surface area contributed by atoms with Gasteiger partial charge in [-0.15, -0.1) is 0 Å². The van der Waals surface area contributed by atoms with Crippen LogP contribution in [-0.4, -0.2) is 68.2 Å². The van der Waals surface area contributed by atoms with E-state index >= 15 is 0 Å². The van der Waals surface area contributed by atoms with Crippen molar-refractivity contribution in [1.29, 1.82) is 0 Å². The highest BCUT2D eigenvalue weighted by atomic mass is 19.1. The molecule has 1 saturated heterocycles. The van der Waals surface area contributed by atoms with Gasteiger partial charge in [0.15, 0.2) is 11.5 Å². The molecule has 2 aliphatic heterocycles. The Balaban J connectivity index is 1.43. The third-order valence-corrected chi connectivity index (χ3v) is 5.52. The quantitative estimate of drug-likeness (QED) is 0.704. The molecule has 31 heavy (non-hydrogen) atoms. The lowest BCUT2D eigenvalue weighted by Gasteiger charge is -2.38. The molecule has 1 fully saturated rings. The molecule has 2 heterocycles. The molecule has 0 saturated carbocycles. The number of hydrogen-bond acceptors (Lipinski definition) is 6. The summed E-state index contributed by atoms with van der Waals surface area (Å²) in [5, 5.41) is 5.21. The first-order valence-corrected chi connectivity index (χ1v) is 10.2. The summed E-state index contributed by atoms with van der Waals surface area (Å²) in [6, 6.07) is 10.9. The number of anilines is 1. The van der Waals surface area contributed by atoms with Crippen molar-refractivity contribution < 1.29 is 23.5 Å². The fourth-order valence-electron chi connectivity index (χ4n) is 3.70. The molecule has 2 aromatic carbocycles. The van der Waals surface area contributed by atoms with Crippen LogP contribution in [0.3, 0.4) is 0 Å². The molecular weight excluding hydrogens is 403 g/mol. The van der Waals surface area contributed by atoms with Gasteiger partial charge in [-0.05, 0) is 49.0 Å². The zero-order valence-electron chi connectivity index (χ0n) is 17.3. The first-order valence-electron chi connectivity index (χ1n) is 10.2. The molecule has 1 unspecified atom stereocenters. The van der Waals surface area contributed by atoms with Crippen LogP contribution in [0.15, 0.2) is 42.5 Å². The van der Waals surface area contributed by atoms with E-state index in [0.717, 1.165) is 31.7 Å². The van der Waals surface area contributed by atoms with Gasteiger partial charge in [0.05, 0.1) is 6.04 Å². The lowest BCUT2D eigenvalue weighted by molar-refractivity contribution is -0.136. The van der Waals surface area contributed by atoms with Crippen LogP contribution < -0.4 is 20.1 Å². The van der Waals surface area contributed by atoms with Crippen LogP contribution in [0.2, 0.25) is 0 Å². The second-order valence-electron chi connectivity index (χ2n) is 7.64. The SMILES string of the molecule is CN1CCN(C(CNC(=O)C(=O)Nc2ccc(F)cc2)c2ccc3c(c2)OCO3)CC1. The predicted molar refractivity (Wildman–Crippen MR) is 112 cm³/mol. The second kappa shape index (κ2) is 9.32. The number of benzene rings is 2. The number of halogens is 1. The summed E-state index contributed by atoms with van der Waals surface area (Å²) >= 11 is 0. The Morgan fingerprint density at radius 2 is 1.71 bits per heavy atom. The number of piperazine rings is 1. The van der Waals surface area contributed by atoms with E-state index in [1.807, 2.05) is 18.2 Å². The first-order chi connectivity index (χ1) is 15.0. The Hall–Kier alpha value is -3.17. The van der Waals surface area contributed by atoms with E-state index in [1.165, 1.54) is 24.3 Å². The van der Waals surface area contributed by atoms with Crippen molar-refractivity contribution in [3.05, 3.63) is 53.8 Å². The smallest absolute Gasteiger partial charge is 0.313 e. The average Bonchev–Trinajstić information content (AvgIpc) is 3.24. The lowest BCUT2D eigenvalue weighted by atomic mass is 10.0. The van der Waals surface area contributed by atoms with Gasteiger partial charge in [-0.25, -0.2) is 4.39 Å². The zero-order valence-corrected chi connectivity index (χ0v) is 17.3. The molecule has 0 spiro atoms. The highest BCUT2D eigenvalue weighted by Crippen LogP contribution is 2.35. The fourth-order valence-corrected chi connectivity index (χ4v) is 3.70. The summed E-state index contributed by atoms with van der Waals surface area (Å²) in [6.07, 6.45) is 0. The molecule has 8 nitrogen and oxygen atoms in total. The number of ether oxygens (including phenoxy) is 2. The van der Waals surface area contributed by atoms with E-state index < -0.39 is 17.6 Å². The molecule has 164 valence electrons. The van der Waals surface area contributed by atoms with Gasteiger partial charge in [-0.3, -0.25) is 14.5 Å². The molecule has 0 aromatic heterocycles. The third-order valence-electron chi connectivity index (χ3n) is 5.52. The molecule has 1 atom stereocenters. The van der Waals surface area contributed by atoms with Crippen molar-refractivity contribution in [1.82, 2.24) is 15.1 Å². The van der Waals surface area contributed by atoms with Crippen LogP contribution in [-0.2, 0) is 9.59 Å². The van der Waals surface area contributed by atoms with E-state index in [1.54, 1.807) is 0 Å². The number of carbonyl (C=O) groups excluding carboxylic acids is 2. The van der Waals surface area contributed by atoms with Crippen molar-refractivity contribution in [2.24, 2.45) is 0 Å². The fraction of sp³-hybridized carbons (Fsp3) is 0.364. The van der Waals surface area contributed by atoms with Crippen LogP contribution in [0.5, 0.6) is 11.5 Å². The number of hydrogen-bond donors (Lipinski definition) is 2. The monoisotopic (exact) mass is 428 g/mol. The number of nitrogens with one attached hydrogen (secondary N) is 2. The van der Waals surface area contributed by atoms with Gasteiger partial charge >= 0.3 is 11.8 Å². The predicted octanol–water partition coefficient (Wildman–Crippen LogP) is 1.60. The number of carbonyl (C=O) groups is 2. The molecular formula is C22H25FN4O4. The van der Waals surface area contributed by atoms with E-state index in [4.69, 9.17) is 9.47 Å². The van der Waals surface area contributed by atoms with Gasteiger partial charge < -0.3 is 25.0 Å². The van der Waals surface area contributed by atoms with Gasteiger partial charge in [0, 0.05) is 38.4 Å². The van der Waals surface area contributed by atoms with E-state index in [2.05, 4.69) is 27.5 Å². The molecule has 0 aliphatic carbocycles. The summed E-state index contributed by atoms with van der Waals surface area (Å²) in [5.74, 6) is -0.583. The van der Waals surface area contributed by atoms with Crippen LogP contribution in [0.4, 0.5) is 10.1 Å². The molecule has 4 rings (SSSR count). The summed E-state index contributed by atoms with van der Waals surface area (Å²) in [5.41, 5.74) is 1.33. The molecule has 0 radical (unpaired) electrons. The molecule has 2 aliphatic rings. The number of amides is 2. The standard InChI is InChI=1S/C22H25FN4O4/c1-26-8-10-27(11-9-26)18(15-2-7-19-20(12-15)31-14-30-19)13-24-21(28)22(29)25-17-5-3-16(23)4-6-17/h2-7,12,18H,8-11,13-14H2,1H3,(H,24,28)(H,25,29). The Morgan fingerprint density at radius 3 is 2.45 bits per heavy atom. The van der Waals surface area contributed by atoms with Crippen molar-refractivity contribution >= 4 is 17.5 Å². The molecule has 0 bridgehead atoms. The van der Waals surface area contributed by atoms with Crippen molar-refractivity contribution in [3.63, 3.8) is 0 Å². The maximum atomic E-state index is 13.0. The Labute approximate surface area is 179 Å². The first kappa shape index (κ1) is 21.1. The largest absolute Gasteiger partial charge is 0.454 e. The van der Waals surface area contributed by atoms with Crippen LogP contribution in [0, 0.1) is 5.82 Å². The van der Waals surface area contributed by atoms with Gasteiger partial charge in [-0.1, -0.05) is 6.07 Å². The normalized spacial score (nSPS) is 17.2. The minimum Gasteiger partial charge on any atom is -0.454 e. The summed E-state index contributed by atoms with van der Waals surface area (Å²) in [6.45, 7) is 3.97. The highest BCUT2D eigenvalue weighted by Gasteiger charge is 2.27. The van der Waals surface area contributed by atoms with Gasteiger partial charge in [0.25, 0.3) is 0 Å². The van der Waals surface area contributed by atoms with E-state index in [0.29, 0.717) is 17.2 Å². The molecule has 2 amide bonds. The van der Waals surface area contributed by atoms with Crippen molar-refractivity contribution in [3.8, 4) is 11.5 Å². The molecule has 9 heteroatoms. The molecule has 2 aromatic rings. The maximum Gasteiger partial charge on any atom is 0.313 e. The van der Waals surface area contributed by atoms with Crippen LogP contribution >= 0.6 is 0 Å². The Kier molecular flexibility index (Phi) is 6.34. The summed E-state index contributed by atoms with van der Waals surface area (Å²) < 4.78 is 23.9. The average molecular weight is 428 g/mol. The van der Waals surface area contributed by atoms with E-state index in [9.17, 15) is 14.0 Å². The number of likely N-dealkylation sites (N-methyl/N-ethyl adjacent to an activating group) is 1. The number of nitrogens with zero attached hydrogens (tertiary/aromatic N) is 2. The van der Waals surface area contributed by atoms with Gasteiger partial charge in [-0.2, -0.15) is 0 Å². The van der Waals surface area contributed by atoms with Crippen LogP contribution in [0.1, 0.15) is 11.6 Å². The third kappa shape index (κ3) is 5.12. The highest BCUT2D eigenvalue weighted by molar-refractivity contribution is 6.39. The van der Waals surface area contributed by atoms with Crippen molar-refractivity contribution in [2.45, 2.75) is 6.04 Å². The van der Waals surface area contributed by atoms with Gasteiger partial charge in [0.1, 0.15) is 5.82 Å². The summed E-state index contributed by atoms with van der Waals surface area (Å²) in [4.78, 5) is 29.2. The molecule has 2 N–H and O–H groups in total. The minimum atomic E-state index is -0.797. The van der Waals surface area contributed by atoms with Gasteiger partial charge in [0.2, 0.25) is 6.79 Å². The number of fused-ring (bicyclic) bond motifs is 1.